The Morgan fingerprint density at radius 1 is 1.14 bits per heavy atom. The summed E-state index contributed by atoms with van der Waals surface area (Å²) in [5.41, 5.74) is 2.38. The third kappa shape index (κ3) is 5.28. The van der Waals surface area contributed by atoms with E-state index in [2.05, 4.69) is 26.7 Å². The number of hydrogen-bond donors (Lipinski definition) is 2. The molecule has 1 amide bonds. The van der Waals surface area contributed by atoms with Crippen LogP contribution in [-0.2, 0) is 23.9 Å². The number of nitrogens with one attached hydrogen (secondary N) is 2. The van der Waals surface area contributed by atoms with Gasteiger partial charge in [0.15, 0.2) is 0 Å². The van der Waals surface area contributed by atoms with Crippen molar-refractivity contribution in [1.29, 1.82) is 0 Å². The molecule has 3 aromatic rings. The molecule has 0 saturated carbocycles. The first-order valence-corrected chi connectivity index (χ1v) is 11.9. The summed E-state index contributed by atoms with van der Waals surface area (Å²) in [5.74, 6) is 0.424. The fourth-order valence-corrected chi connectivity index (χ4v) is 4.45. The lowest BCUT2D eigenvalue weighted by atomic mass is 10.1. The molecule has 2 aliphatic rings. The number of alkyl halides is 3. The standard InChI is InChI=1S/C26H26F3N5O2/c27-26(28,29)19-9-7-17(8-10-19)14-30-23-21(24(35)31-15-20-5-3-13-36-20)16-32-25(33-23)34-12-11-18-4-1-2-6-22(18)34/h1-2,4,6-10,16,20H,3,5,11-15H2,(H,31,35)(H,30,32,33). The Labute approximate surface area is 206 Å². The van der Waals surface area contributed by atoms with Crippen molar-refractivity contribution < 1.29 is 22.7 Å². The highest BCUT2D eigenvalue weighted by molar-refractivity contribution is 5.98. The van der Waals surface area contributed by atoms with Crippen LogP contribution in [-0.4, -0.2) is 41.7 Å². The molecule has 1 fully saturated rings. The number of fused-ring (bicyclic) bond motifs is 1. The van der Waals surface area contributed by atoms with Gasteiger partial charge in [-0.05, 0) is 48.6 Å². The fraction of sp³-hybridized carbons (Fsp3) is 0.346. The van der Waals surface area contributed by atoms with Gasteiger partial charge in [0.2, 0.25) is 5.95 Å². The molecule has 2 N–H and O–H groups in total. The Bertz CT molecular complexity index is 1230. The highest BCUT2D eigenvalue weighted by Gasteiger charge is 2.30. The van der Waals surface area contributed by atoms with Crippen LogP contribution in [0.15, 0.2) is 54.7 Å². The number of hydrogen-bond acceptors (Lipinski definition) is 6. The maximum atomic E-state index is 13.0. The van der Waals surface area contributed by atoms with E-state index in [1.165, 1.54) is 23.9 Å². The van der Waals surface area contributed by atoms with Crippen LogP contribution in [0, 0.1) is 0 Å². The Kier molecular flexibility index (Phi) is 6.77. The Morgan fingerprint density at radius 2 is 1.94 bits per heavy atom. The predicted molar refractivity (Wildman–Crippen MR) is 129 cm³/mol. The zero-order valence-electron chi connectivity index (χ0n) is 19.5. The lowest BCUT2D eigenvalue weighted by Crippen LogP contribution is -2.32. The number of amides is 1. The summed E-state index contributed by atoms with van der Waals surface area (Å²) in [6.07, 6.45) is -0.202. The molecule has 1 unspecified atom stereocenters. The van der Waals surface area contributed by atoms with Gasteiger partial charge < -0.3 is 20.3 Å². The molecule has 0 bridgehead atoms. The normalized spacial score (nSPS) is 17.2. The van der Waals surface area contributed by atoms with Crippen LogP contribution in [0.2, 0.25) is 0 Å². The van der Waals surface area contributed by atoms with Crippen LogP contribution >= 0.6 is 0 Å². The topological polar surface area (TPSA) is 79.4 Å². The molecule has 1 atom stereocenters. The van der Waals surface area contributed by atoms with Crippen molar-refractivity contribution in [3.63, 3.8) is 0 Å². The van der Waals surface area contributed by atoms with Gasteiger partial charge in [0.25, 0.3) is 5.91 Å². The number of rotatable bonds is 7. The van der Waals surface area contributed by atoms with Crippen LogP contribution in [0.3, 0.4) is 0 Å². The maximum absolute atomic E-state index is 13.0. The van der Waals surface area contributed by atoms with Gasteiger partial charge >= 0.3 is 6.18 Å². The zero-order chi connectivity index (χ0) is 25.1. The minimum absolute atomic E-state index is 0.0150. The van der Waals surface area contributed by atoms with Gasteiger partial charge in [-0.1, -0.05) is 30.3 Å². The second-order valence-corrected chi connectivity index (χ2v) is 8.86. The van der Waals surface area contributed by atoms with Crippen LogP contribution in [0.25, 0.3) is 0 Å². The quantitative estimate of drug-likeness (QED) is 0.492. The molecule has 2 aliphatic heterocycles. The van der Waals surface area contributed by atoms with E-state index >= 15 is 0 Å². The highest BCUT2D eigenvalue weighted by atomic mass is 19.4. The van der Waals surface area contributed by atoms with Gasteiger partial charge in [-0.2, -0.15) is 18.2 Å². The highest BCUT2D eigenvalue weighted by Crippen LogP contribution is 2.33. The number of benzene rings is 2. The first kappa shape index (κ1) is 24.1. The number of carbonyl (C=O) groups is 1. The van der Waals surface area contributed by atoms with Gasteiger partial charge in [0.05, 0.1) is 11.7 Å². The number of ether oxygens (including phenoxy) is 1. The molecule has 188 valence electrons. The van der Waals surface area contributed by atoms with Crippen molar-refractivity contribution >= 4 is 23.4 Å². The summed E-state index contributed by atoms with van der Waals surface area (Å²) in [6, 6.07) is 12.9. The lowest BCUT2D eigenvalue weighted by Gasteiger charge is -2.20. The summed E-state index contributed by atoms with van der Waals surface area (Å²) in [4.78, 5) is 24.1. The summed E-state index contributed by atoms with van der Waals surface area (Å²) < 4.78 is 44.3. The number of anilines is 3. The number of halogens is 3. The van der Waals surface area contributed by atoms with Gasteiger partial charge in [-0.3, -0.25) is 4.79 Å². The van der Waals surface area contributed by atoms with Crippen molar-refractivity contribution in [2.45, 2.75) is 38.1 Å². The van der Waals surface area contributed by atoms with Crippen molar-refractivity contribution in [3.8, 4) is 0 Å². The lowest BCUT2D eigenvalue weighted by molar-refractivity contribution is -0.137. The summed E-state index contributed by atoms with van der Waals surface area (Å²) >= 11 is 0. The van der Waals surface area contributed by atoms with Crippen molar-refractivity contribution in [2.75, 3.05) is 29.9 Å². The molecule has 1 aromatic heterocycles. The Hall–Kier alpha value is -3.66. The summed E-state index contributed by atoms with van der Waals surface area (Å²) in [6.45, 7) is 1.98. The van der Waals surface area contributed by atoms with Gasteiger partial charge in [-0.25, -0.2) is 4.98 Å². The number of carbonyl (C=O) groups excluding carboxylic acids is 1. The molecule has 0 spiro atoms. The first-order valence-electron chi connectivity index (χ1n) is 11.9. The molecule has 5 rings (SSSR count). The summed E-state index contributed by atoms with van der Waals surface area (Å²) in [5, 5.41) is 6.02. The molecular weight excluding hydrogens is 471 g/mol. The summed E-state index contributed by atoms with van der Waals surface area (Å²) in [7, 11) is 0. The number of nitrogens with zero attached hydrogens (tertiary/aromatic N) is 3. The van der Waals surface area contributed by atoms with Crippen molar-refractivity contribution in [2.24, 2.45) is 0 Å². The molecule has 2 aromatic carbocycles. The zero-order valence-corrected chi connectivity index (χ0v) is 19.5. The maximum Gasteiger partial charge on any atom is 0.416 e. The molecule has 3 heterocycles. The van der Waals surface area contributed by atoms with E-state index in [4.69, 9.17) is 4.74 Å². The Morgan fingerprint density at radius 3 is 2.69 bits per heavy atom. The molecular formula is C26H26F3N5O2. The molecule has 10 heteroatoms. The monoisotopic (exact) mass is 497 g/mol. The average molecular weight is 498 g/mol. The van der Waals surface area contributed by atoms with Crippen molar-refractivity contribution in [1.82, 2.24) is 15.3 Å². The molecule has 0 aliphatic carbocycles. The Balaban J connectivity index is 1.38. The third-order valence-electron chi connectivity index (χ3n) is 6.40. The SMILES string of the molecule is O=C(NCC1CCCO1)c1cnc(N2CCc3ccccc32)nc1NCc1ccc(C(F)(F)F)cc1. The van der Waals surface area contributed by atoms with E-state index in [1.807, 2.05) is 23.1 Å². The number of aromatic nitrogens is 2. The van der Waals surface area contributed by atoms with E-state index in [1.54, 1.807) is 0 Å². The average Bonchev–Trinajstić information content (AvgIpc) is 3.56. The van der Waals surface area contributed by atoms with Crippen LogP contribution < -0.4 is 15.5 Å². The third-order valence-corrected chi connectivity index (χ3v) is 6.40. The van der Waals surface area contributed by atoms with Crippen molar-refractivity contribution in [3.05, 3.63) is 77.0 Å². The van der Waals surface area contributed by atoms with Crippen LogP contribution in [0.1, 0.15) is 39.9 Å². The van der Waals surface area contributed by atoms with Gasteiger partial charge in [0.1, 0.15) is 11.4 Å². The second-order valence-electron chi connectivity index (χ2n) is 8.86. The molecule has 1 saturated heterocycles. The van der Waals surface area contributed by atoms with Gasteiger partial charge in [0, 0.05) is 38.1 Å². The minimum Gasteiger partial charge on any atom is -0.376 e. The van der Waals surface area contributed by atoms with Crippen LogP contribution in [0.5, 0.6) is 0 Å². The number of para-hydroxylation sites is 1. The molecule has 36 heavy (non-hydrogen) atoms. The first-order chi connectivity index (χ1) is 17.4. The largest absolute Gasteiger partial charge is 0.416 e. The smallest absolute Gasteiger partial charge is 0.376 e. The molecule has 7 nitrogen and oxygen atoms in total. The fourth-order valence-electron chi connectivity index (χ4n) is 4.45. The van der Waals surface area contributed by atoms with E-state index in [0.717, 1.165) is 37.1 Å². The minimum atomic E-state index is -4.40. The predicted octanol–water partition coefficient (Wildman–Crippen LogP) is 4.71. The van der Waals surface area contributed by atoms with E-state index in [9.17, 15) is 18.0 Å². The van der Waals surface area contributed by atoms with E-state index in [0.29, 0.717) is 37.0 Å². The van der Waals surface area contributed by atoms with E-state index in [-0.39, 0.29) is 24.1 Å². The van der Waals surface area contributed by atoms with Crippen LogP contribution in [0.4, 0.5) is 30.6 Å². The second kappa shape index (κ2) is 10.1. The van der Waals surface area contributed by atoms with E-state index < -0.39 is 11.7 Å². The van der Waals surface area contributed by atoms with Gasteiger partial charge in [-0.15, -0.1) is 0 Å². The molecule has 0 radical (unpaired) electrons.